The molecule has 0 bridgehead atoms. The Bertz CT molecular complexity index is 402. The van der Waals surface area contributed by atoms with E-state index in [0.717, 1.165) is 5.56 Å². The zero-order chi connectivity index (χ0) is 14.4. The Morgan fingerprint density at radius 1 is 1.32 bits per heavy atom. The number of nitrogens with two attached hydrogens (primary N) is 1. The maximum absolute atomic E-state index is 10.8. The van der Waals surface area contributed by atoms with Gasteiger partial charge in [0.25, 0.3) is 0 Å². The van der Waals surface area contributed by atoms with E-state index in [4.69, 9.17) is 10.5 Å². The van der Waals surface area contributed by atoms with Crippen molar-refractivity contribution in [1.82, 2.24) is 5.32 Å². The van der Waals surface area contributed by atoms with E-state index in [2.05, 4.69) is 5.32 Å². The van der Waals surface area contributed by atoms with Gasteiger partial charge in [0.15, 0.2) is 6.23 Å². The second-order valence-corrected chi connectivity index (χ2v) is 4.89. The van der Waals surface area contributed by atoms with E-state index in [-0.39, 0.29) is 18.4 Å². The number of benzene rings is 1. The van der Waals surface area contributed by atoms with Crippen LogP contribution in [0.4, 0.5) is 0 Å². The summed E-state index contributed by atoms with van der Waals surface area (Å²) >= 11 is 0. The fraction of sp³-hybridized carbons (Fsp3) is 0.500. The summed E-state index contributed by atoms with van der Waals surface area (Å²) in [5, 5.41) is 12.8. The largest absolute Gasteiger partial charge is 0.473 e. The normalized spacial score (nSPS) is 14.2. The number of hydrogen-bond acceptors (Lipinski definition) is 4. The zero-order valence-corrected chi connectivity index (χ0v) is 11.6. The molecule has 5 heteroatoms. The molecular formula is C14H22N2O3. The van der Waals surface area contributed by atoms with Crippen LogP contribution in [0.1, 0.15) is 26.3 Å². The lowest BCUT2D eigenvalue weighted by molar-refractivity contribution is -0.117. The third kappa shape index (κ3) is 5.72. The quantitative estimate of drug-likeness (QED) is 0.637. The molecule has 2 atom stereocenters. The van der Waals surface area contributed by atoms with Crippen molar-refractivity contribution in [2.75, 3.05) is 0 Å². The van der Waals surface area contributed by atoms with E-state index in [1.807, 2.05) is 13.8 Å². The predicted octanol–water partition coefficient (Wildman–Crippen LogP) is 0.798. The van der Waals surface area contributed by atoms with Crippen LogP contribution in [0.2, 0.25) is 0 Å². The van der Waals surface area contributed by atoms with Crippen LogP contribution in [0.25, 0.3) is 0 Å². The number of carbonyl (C=O) groups excluding carboxylic acids is 1. The van der Waals surface area contributed by atoms with Crippen LogP contribution in [0.3, 0.4) is 0 Å². The molecule has 1 amide bonds. The van der Waals surface area contributed by atoms with Crippen LogP contribution in [-0.2, 0) is 11.2 Å². The van der Waals surface area contributed by atoms with Crippen LogP contribution in [0.5, 0.6) is 5.75 Å². The smallest absolute Gasteiger partial charge is 0.221 e. The molecule has 0 aliphatic rings. The first-order valence-electron chi connectivity index (χ1n) is 6.36. The van der Waals surface area contributed by atoms with E-state index in [1.165, 1.54) is 0 Å². The molecule has 0 aliphatic carbocycles. The van der Waals surface area contributed by atoms with Gasteiger partial charge >= 0.3 is 0 Å². The fourth-order valence-electron chi connectivity index (χ4n) is 1.63. The maximum atomic E-state index is 10.8. The summed E-state index contributed by atoms with van der Waals surface area (Å²) in [7, 11) is 0. The second-order valence-electron chi connectivity index (χ2n) is 4.89. The van der Waals surface area contributed by atoms with Crippen LogP contribution in [0, 0.1) is 0 Å². The minimum absolute atomic E-state index is 0.203. The molecular weight excluding hydrogens is 244 g/mol. The summed E-state index contributed by atoms with van der Waals surface area (Å²) in [6.45, 7) is 5.63. The van der Waals surface area contributed by atoms with Crippen molar-refractivity contribution >= 4 is 5.91 Å². The lowest BCUT2D eigenvalue weighted by atomic mass is 10.1. The highest BCUT2D eigenvalue weighted by atomic mass is 16.5. The molecule has 1 aromatic rings. The van der Waals surface area contributed by atoms with Gasteiger partial charge < -0.3 is 15.6 Å². The number of primary amides is 1. The van der Waals surface area contributed by atoms with Crippen molar-refractivity contribution in [3.05, 3.63) is 29.8 Å². The van der Waals surface area contributed by atoms with E-state index in [0.29, 0.717) is 5.75 Å². The molecule has 106 valence electrons. The summed E-state index contributed by atoms with van der Waals surface area (Å²) in [6.07, 6.45) is -0.889. The molecule has 0 radical (unpaired) electrons. The van der Waals surface area contributed by atoms with E-state index < -0.39 is 12.3 Å². The van der Waals surface area contributed by atoms with Gasteiger partial charge in [-0.1, -0.05) is 12.1 Å². The lowest BCUT2D eigenvalue weighted by Gasteiger charge is -2.25. The summed E-state index contributed by atoms with van der Waals surface area (Å²) in [6, 6.07) is 7.29. The van der Waals surface area contributed by atoms with Crippen molar-refractivity contribution in [1.29, 1.82) is 0 Å². The Balaban J connectivity index is 2.66. The van der Waals surface area contributed by atoms with Crippen molar-refractivity contribution in [3.8, 4) is 5.75 Å². The summed E-state index contributed by atoms with van der Waals surface area (Å²) < 4.78 is 5.67. The molecule has 0 aromatic heterocycles. The summed E-state index contributed by atoms with van der Waals surface area (Å²) in [4.78, 5) is 10.8. The molecule has 0 fully saturated rings. The van der Waals surface area contributed by atoms with Crippen molar-refractivity contribution in [3.63, 3.8) is 0 Å². The highest BCUT2D eigenvalue weighted by Gasteiger charge is 2.17. The molecule has 1 aromatic carbocycles. The number of rotatable bonds is 7. The van der Waals surface area contributed by atoms with Gasteiger partial charge in [0, 0.05) is 6.04 Å². The Kier molecular flexibility index (Phi) is 5.79. The van der Waals surface area contributed by atoms with Gasteiger partial charge in [0.2, 0.25) is 5.91 Å². The Morgan fingerprint density at radius 2 is 1.89 bits per heavy atom. The third-order valence-corrected chi connectivity index (χ3v) is 2.50. The Morgan fingerprint density at radius 3 is 2.32 bits per heavy atom. The van der Waals surface area contributed by atoms with E-state index >= 15 is 0 Å². The first-order valence-corrected chi connectivity index (χ1v) is 6.36. The highest BCUT2D eigenvalue weighted by molar-refractivity contribution is 5.76. The number of carbonyl (C=O) groups is 1. The minimum Gasteiger partial charge on any atom is -0.473 e. The fourth-order valence-corrected chi connectivity index (χ4v) is 1.63. The monoisotopic (exact) mass is 266 g/mol. The summed E-state index contributed by atoms with van der Waals surface area (Å²) in [5.41, 5.74) is 5.96. The molecule has 0 spiro atoms. The van der Waals surface area contributed by atoms with E-state index in [9.17, 15) is 9.90 Å². The maximum Gasteiger partial charge on any atom is 0.221 e. The molecule has 2 unspecified atom stereocenters. The minimum atomic E-state index is -0.632. The van der Waals surface area contributed by atoms with Crippen LogP contribution in [0.15, 0.2) is 24.3 Å². The molecule has 0 aliphatic heterocycles. The standard InChI is InChI=1S/C14H22N2O3/c1-9(2)16-14(10(3)17)19-12-6-4-11(5-7-12)8-13(15)18/h4-7,9-10,14,16-17H,8H2,1-3H3,(H2,15,18). The number of aliphatic hydroxyl groups excluding tert-OH is 1. The molecule has 0 saturated carbocycles. The van der Waals surface area contributed by atoms with Gasteiger partial charge in [-0.05, 0) is 38.5 Å². The lowest BCUT2D eigenvalue weighted by Crippen LogP contribution is -2.46. The first-order chi connectivity index (χ1) is 8.88. The van der Waals surface area contributed by atoms with Crippen molar-refractivity contribution in [2.24, 2.45) is 5.73 Å². The summed E-state index contributed by atoms with van der Waals surface area (Å²) in [5.74, 6) is 0.268. The molecule has 1 rings (SSSR count). The van der Waals surface area contributed by atoms with Gasteiger partial charge in [0.05, 0.1) is 6.42 Å². The Hall–Kier alpha value is -1.59. The molecule has 5 nitrogen and oxygen atoms in total. The van der Waals surface area contributed by atoms with E-state index in [1.54, 1.807) is 31.2 Å². The predicted molar refractivity (Wildman–Crippen MR) is 73.7 cm³/mol. The number of nitrogens with one attached hydrogen (secondary N) is 1. The SMILES string of the molecule is CC(C)NC(Oc1ccc(CC(N)=O)cc1)C(C)O. The van der Waals surface area contributed by atoms with Crippen molar-refractivity contribution < 1.29 is 14.6 Å². The first kappa shape index (κ1) is 15.5. The molecule has 0 saturated heterocycles. The van der Waals surface area contributed by atoms with Gasteiger partial charge in [-0.15, -0.1) is 0 Å². The molecule has 4 N–H and O–H groups in total. The van der Waals surface area contributed by atoms with Crippen molar-refractivity contribution in [2.45, 2.75) is 45.6 Å². The molecule has 19 heavy (non-hydrogen) atoms. The Labute approximate surface area is 113 Å². The number of hydrogen-bond donors (Lipinski definition) is 3. The van der Waals surface area contributed by atoms with Gasteiger partial charge in [-0.25, -0.2) is 0 Å². The molecule has 0 heterocycles. The zero-order valence-electron chi connectivity index (χ0n) is 11.6. The second kappa shape index (κ2) is 7.11. The highest BCUT2D eigenvalue weighted by Crippen LogP contribution is 2.15. The van der Waals surface area contributed by atoms with Crippen LogP contribution >= 0.6 is 0 Å². The van der Waals surface area contributed by atoms with Crippen LogP contribution in [-0.4, -0.2) is 29.4 Å². The average Bonchev–Trinajstić information content (AvgIpc) is 2.29. The van der Waals surface area contributed by atoms with Crippen LogP contribution < -0.4 is 15.8 Å². The van der Waals surface area contributed by atoms with Gasteiger partial charge in [0.1, 0.15) is 11.9 Å². The van der Waals surface area contributed by atoms with Gasteiger partial charge in [-0.3, -0.25) is 10.1 Å². The number of aliphatic hydroxyl groups is 1. The number of ether oxygens (including phenoxy) is 1. The third-order valence-electron chi connectivity index (χ3n) is 2.50. The van der Waals surface area contributed by atoms with Gasteiger partial charge in [-0.2, -0.15) is 0 Å². The number of amides is 1. The average molecular weight is 266 g/mol. The topological polar surface area (TPSA) is 84.6 Å².